The van der Waals surface area contributed by atoms with Gasteiger partial charge in [0.05, 0.1) is 33.3 Å². The Morgan fingerprint density at radius 3 is 2.76 bits per heavy atom. The van der Waals surface area contributed by atoms with E-state index in [0.717, 1.165) is 27.2 Å². The Balaban J connectivity index is 2.09. The van der Waals surface area contributed by atoms with Crippen LogP contribution in [0.1, 0.15) is 11.4 Å². The number of thioether (sulfide) groups is 1. The normalized spacial score (nSPS) is 10.8. The predicted molar refractivity (Wildman–Crippen MR) is 71.2 cm³/mol. The lowest BCUT2D eigenvalue weighted by atomic mass is 10.4. The van der Waals surface area contributed by atoms with Crippen LogP contribution < -0.4 is 5.73 Å². The number of nitrogen functional groups attached to an aromatic ring is 1. The molecule has 0 aliphatic carbocycles. The Labute approximate surface area is 109 Å². The third kappa shape index (κ3) is 2.73. The maximum atomic E-state index is 6.17. The summed E-state index contributed by atoms with van der Waals surface area (Å²) in [5.74, 6) is 0.743. The van der Waals surface area contributed by atoms with Gasteiger partial charge in [-0.1, -0.05) is 23.4 Å². The van der Waals surface area contributed by atoms with Crippen LogP contribution in [0.3, 0.4) is 0 Å². The van der Waals surface area contributed by atoms with E-state index in [1.807, 2.05) is 30.8 Å². The standard InChI is InChI=1S/C11H13ClN4S/c1-7-11(12)9(16(2)15-7)6-17-10-4-3-8(13)5-14-10/h3-5H,6,13H2,1-2H3. The van der Waals surface area contributed by atoms with Crippen LogP contribution in [0, 0.1) is 6.92 Å². The first-order chi connectivity index (χ1) is 8.08. The SMILES string of the molecule is Cc1nn(C)c(CSc2ccc(N)cn2)c1Cl. The van der Waals surface area contributed by atoms with Crippen molar-refractivity contribution in [1.29, 1.82) is 0 Å². The van der Waals surface area contributed by atoms with Gasteiger partial charge in [0, 0.05) is 12.8 Å². The molecule has 17 heavy (non-hydrogen) atoms. The molecule has 0 amide bonds. The fraction of sp³-hybridized carbons (Fsp3) is 0.273. The second-order valence-corrected chi connectivity index (χ2v) is 5.06. The molecule has 90 valence electrons. The Hall–Kier alpha value is -1.20. The molecule has 0 saturated heterocycles. The summed E-state index contributed by atoms with van der Waals surface area (Å²) in [5.41, 5.74) is 8.11. The van der Waals surface area contributed by atoms with Crippen molar-refractivity contribution in [2.45, 2.75) is 17.7 Å². The summed E-state index contributed by atoms with van der Waals surface area (Å²) < 4.78 is 1.81. The Bertz CT molecular complexity index is 521. The van der Waals surface area contributed by atoms with Crippen LogP contribution in [0.2, 0.25) is 5.02 Å². The maximum Gasteiger partial charge on any atom is 0.0965 e. The molecule has 6 heteroatoms. The number of pyridine rings is 1. The summed E-state index contributed by atoms with van der Waals surface area (Å²) in [7, 11) is 1.89. The van der Waals surface area contributed by atoms with Crippen molar-refractivity contribution in [2.24, 2.45) is 7.05 Å². The second kappa shape index (κ2) is 4.98. The molecular formula is C11H13ClN4S. The molecule has 2 heterocycles. The summed E-state index contributed by atoms with van der Waals surface area (Å²) in [6, 6.07) is 3.74. The number of halogens is 1. The van der Waals surface area contributed by atoms with Gasteiger partial charge in [-0.2, -0.15) is 5.10 Å². The van der Waals surface area contributed by atoms with Gasteiger partial charge in [0.1, 0.15) is 0 Å². The van der Waals surface area contributed by atoms with E-state index in [4.69, 9.17) is 17.3 Å². The Morgan fingerprint density at radius 1 is 1.47 bits per heavy atom. The van der Waals surface area contributed by atoms with Crippen LogP contribution in [0.5, 0.6) is 0 Å². The van der Waals surface area contributed by atoms with Crippen molar-refractivity contribution in [1.82, 2.24) is 14.8 Å². The van der Waals surface area contributed by atoms with Gasteiger partial charge in [-0.15, -0.1) is 0 Å². The fourth-order valence-corrected chi connectivity index (χ4v) is 2.67. The molecule has 0 fully saturated rings. The quantitative estimate of drug-likeness (QED) is 0.870. The Morgan fingerprint density at radius 2 is 2.24 bits per heavy atom. The molecule has 0 atom stereocenters. The zero-order chi connectivity index (χ0) is 12.4. The van der Waals surface area contributed by atoms with E-state index >= 15 is 0 Å². The summed E-state index contributed by atoms with van der Waals surface area (Å²) in [6.07, 6.45) is 1.65. The first-order valence-corrected chi connectivity index (χ1v) is 6.46. The lowest BCUT2D eigenvalue weighted by Gasteiger charge is -2.02. The number of aromatic nitrogens is 3. The van der Waals surface area contributed by atoms with Crippen LogP contribution in [0.15, 0.2) is 23.4 Å². The molecule has 2 aromatic heterocycles. The van der Waals surface area contributed by atoms with Crippen LogP contribution >= 0.6 is 23.4 Å². The van der Waals surface area contributed by atoms with E-state index in [9.17, 15) is 0 Å². The van der Waals surface area contributed by atoms with E-state index in [1.54, 1.807) is 18.0 Å². The molecule has 2 rings (SSSR count). The third-order valence-electron chi connectivity index (χ3n) is 2.38. The van der Waals surface area contributed by atoms with Crippen molar-refractivity contribution in [3.8, 4) is 0 Å². The molecule has 0 spiro atoms. The number of aryl methyl sites for hydroxylation is 2. The summed E-state index contributed by atoms with van der Waals surface area (Å²) in [6.45, 7) is 1.90. The average molecular weight is 269 g/mol. The molecule has 2 N–H and O–H groups in total. The van der Waals surface area contributed by atoms with E-state index in [-0.39, 0.29) is 0 Å². The zero-order valence-corrected chi connectivity index (χ0v) is 11.2. The van der Waals surface area contributed by atoms with Crippen molar-refractivity contribution < 1.29 is 0 Å². The van der Waals surface area contributed by atoms with Gasteiger partial charge in [-0.25, -0.2) is 4.98 Å². The highest BCUT2D eigenvalue weighted by Crippen LogP contribution is 2.27. The van der Waals surface area contributed by atoms with E-state index < -0.39 is 0 Å². The number of rotatable bonds is 3. The molecule has 0 aromatic carbocycles. The summed E-state index contributed by atoms with van der Waals surface area (Å²) in [4.78, 5) is 4.22. The molecule has 0 saturated carbocycles. The largest absolute Gasteiger partial charge is 0.397 e. The third-order valence-corrected chi connectivity index (χ3v) is 3.82. The molecular weight excluding hydrogens is 256 g/mol. The highest BCUT2D eigenvalue weighted by atomic mass is 35.5. The maximum absolute atomic E-state index is 6.17. The van der Waals surface area contributed by atoms with Gasteiger partial charge in [0.2, 0.25) is 0 Å². The number of nitrogens with two attached hydrogens (primary N) is 1. The summed E-state index contributed by atoms with van der Waals surface area (Å²) in [5, 5.41) is 5.92. The van der Waals surface area contributed by atoms with Crippen molar-refractivity contribution in [3.63, 3.8) is 0 Å². The monoisotopic (exact) mass is 268 g/mol. The molecule has 0 aliphatic rings. The minimum atomic E-state index is 0.670. The molecule has 2 aromatic rings. The number of nitrogens with zero attached hydrogens (tertiary/aromatic N) is 3. The van der Waals surface area contributed by atoms with Gasteiger partial charge in [0.25, 0.3) is 0 Å². The minimum absolute atomic E-state index is 0.670. The van der Waals surface area contributed by atoms with Crippen molar-refractivity contribution in [3.05, 3.63) is 34.7 Å². The van der Waals surface area contributed by atoms with Crippen LogP contribution in [-0.4, -0.2) is 14.8 Å². The van der Waals surface area contributed by atoms with Crippen molar-refractivity contribution in [2.75, 3.05) is 5.73 Å². The fourth-order valence-electron chi connectivity index (χ4n) is 1.46. The Kier molecular flexibility index (Phi) is 3.59. The van der Waals surface area contributed by atoms with Crippen LogP contribution in [-0.2, 0) is 12.8 Å². The zero-order valence-electron chi connectivity index (χ0n) is 9.64. The first-order valence-electron chi connectivity index (χ1n) is 5.10. The smallest absolute Gasteiger partial charge is 0.0965 e. The number of anilines is 1. The number of hydrogen-bond donors (Lipinski definition) is 1. The van der Waals surface area contributed by atoms with Crippen LogP contribution in [0.4, 0.5) is 5.69 Å². The van der Waals surface area contributed by atoms with E-state index in [2.05, 4.69) is 10.1 Å². The summed E-state index contributed by atoms with van der Waals surface area (Å²) >= 11 is 7.78. The van der Waals surface area contributed by atoms with Gasteiger partial charge in [-0.3, -0.25) is 4.68 Å². The van der Waals surface area contributed by atoms with Gasteiger partial charge < -0.3 is 5.73 Å². The average Bonchev–Trinajstić information content (AvgIpc) is 2.54. The molecule has 0 bridgehead atoms. The topological polar surface area (TPSA) is 56.7 Å². The minimum Gasteiger partial charge on any atom is -0.397 e. The highest BCUT2D eigenvalue weighted by molar-refractivity contribution is 7.98. The van der Waals surface area contributed by atoms with E-state index in [0.29, 0.717) is 5.69 Å². The van der Waals surface area contributed by atoms with Crippen LogP contribution in [0.25, 0.3) is 0 Å². The van der Waals surface area contributed by atoms with Crippen molar-refractivity contribution >= 4 is 29.1 Å². The van der Waals surface area contributed by atoms with Gasteiger partial charge in [0.15, 0.2) is 0 Å². The molecule has 0 unspecified atom stereocenters. The highest BCUT2D eigenvalue weighted by Gasteiger charge is 2.11. The lowest BCUT2D eigenvalue weighted by molar-refractivity contribution is 0.727. The first kappa shape index (κ1) is 12.3. The number of hydrogen-bond acceptors (Lipinski definition) is 4. The lowest BCUT2D eigenvalue weighted by Crippen LogP contribution is -1.97. The predicted octanol–water partition coefficient (Wildman–Crippen LogP) is 2.65. The van der Waals surface area contributed by atoms with Gasteiger partial charge >= 0.3 is 0 Å². The van der Waals surface area contributed by atoms with Gasteiger partial charge in [-0.05, 0) is 19.1 Å². The molecule has 0 aliphatic heterocycles. The van der Waals surface area contributed by atoms with E-state index in [1.165, 1.54) is 0 Å². The second-order valence-electron chi connectivity index (χ2n) is 3.69. The molecule has 4 nitrogen and oxygen atoms in total. The molecule has 0 radical (unpaired) electrons.